The summed E-state index contributed by atoms with van der Waals surface area (Å²) in [6, 6.07) is 8.60. The van der Waals surface area contributed by atoms with Crippen molar-refractivity contribution in [2.45, 2.75) is 63.6 Å². The van der Waals surface area contributed by atoms with Crippen molar-refractivity contribution in [2.24, 2.45) is 4.99 Å². The molecule has 0 bridgehead atoms. The molecule has 29 heavy (non-hydrogen) atoms. The number of para-hydroxylation sites is 1. The second kappa shape index (κ2) is 9.77. The molecule has 2 aromatic rings. The molecule has 1 aliphatic heterocycles. The van der Waals surface area contributed by atoms with E-state index in [9.17, 15) is 0 Å². The Morgan fingerprint density at radius 3 is 2.86 bits per heavy atom. The highest BCUT2D eigenvalue weighted by molar-refractivity contribution is 14.0. The minimum absolute atomic E-state index is 0. The molecule has 1 saturated carbocycles. The van der Waals surface area contributed by atoms with Crippen LogP contribution in [0, 0.1) is 0 Å². The summed E-state index contributed by atoms with van der Waals surface area (Å²) in [4.78, 5) is 4.44. The summed E-state index contributed by atoms with van der Waals surface area (Å²) < 4.78 is 8.54. The van der Waals surface area contributed by atoms with Crippen molar-refractivity contribution >= 4 is 29.9 Å². The monoisotopic (exact) mass is 510 g/mol. The minimum Gasteiger partial charge on any atom is -0.487 e. The predicted octanol–water partition coefficient (Wildman–Crippen LogP) is 3.46. The van der Waals surface area contributed by atoms with E-state index in [0.717, 1.165) is 56.3 Å². The van der Waals surface area contributed by atoms with Gasteiger partial charge in [-0.2, -0.15) is 0 Å². The number of aliphatic imine (C=N–C) groups is 1. The Morgan fingerprint density at radius 1 is 1.31 bits per heavy atom. The van der Waals surface area contributed by atoms with Gasteiger partial charge in [0.2, 0.25) is 0 Å². The zero-order chi connectivity index (χ0) is 19.4. The van der Waals surface area contributed by atoms with E-state index >= 15 is 0 Å². The Labute approximate surface area is 189 Å². The average molecular weight is 510 g/mol. The number of rotatable bonds is 5. The van der Waals surface area contributed by atoms with Crippen LogP contribution in [0.3, 0.4) is 0 Å². The zero-order valence-electron chi connectivity index (χ0n) is 17.2. The number of hydrogen-bond donors (Lipinski definition) is 2. The summed E-state index contributed by atoms with van der Waals surface area (Å²) in [5.41, 5.74) is 1.19. The fourth-order valence-electron chi connectivity index (χ4n) is 4.47. The number of halogens is 1. The number of nitrogens with one attached hydrogen (secondary N) is 2. The molecule has 0 amide bonds. The van der Waals surface area contributed by atoms with Gasteiger partial charge in [-0.15, -0.1) is 34.2 Å². The Balaban J connectivity index is 0.00000240. The van der Waals surface area contributed by atoms with E-state index in [1.165, 1.54) is 18.4 Å². The van der Waals surface area contributed by atoms with Crippen molar-refractivity contribution in [1.29, 1.82) is 0 Å². The van der Waals surface area contributed by atoms with Crippen LogP contribution in [0.5, 0.6) is 5.75 Å². The molecule has 2 N–H and O–H groups in total. The van der Waals surface area contributed by atoms with E-state index < -0.39 is 0 Å². The van der Waals surface area contributed by atoms with Crippen molar-refractivity contribution in [1.82, 2.24) is 25.4 Å². The Hall–Kier alpha value is -1.84. The highest BCUT2D eigenvalue weighted by Gasteiger charge is 2.43. The first-order valence-corrected chi connectivity index (χ1v) is 10.3. The molecule has 1 aromatic carbocycles. The zero-order valence-corrected chi connectivity index (χ0v) is 19.6. The molecular weight excluding hydrogens is 479 g/mol. The van der Waals surface area contributed by atoms with Gasteiger partial charge in [-0.25, -0.2) is 0 Å². The lowest BCUT2D eigenvalue weighted by molar-refractivity contribution is 0.0396. The molecule has 1 aromatic heterocycles. The van der Waals surface area contributed by atoms with Gasteiger partial charge in [0.25, 0.3) is 0 Å². The largest absolute Gasteiger partial charge is 0.487 e. The highest BCUT2D eigenvalue weighted by atomic mass is 127. The predicted molar refractivity (Wildman–Crippen MR) is 125 cm³/mol. The van der Waals surface area contributed by atoms with Gasteiger partial charge in [0, 0.05) is 38.5 Å². The van der Waals surface area contributed by atoms with Crippen LogP contribution >= 0.6 is 24.0 Å². The first kappa shape index (κ1) is 21.9. The maximum Gasteiger partial charge on any atom is 0.191 e. The number of ether oxygens (including phenoxy) is 1. The number of fused-ring (bicyclic) bond motifs is 1. The third kappa shape index (κ3) is 4.84. The third-order valence-electron chi connectivity index (χ3n) is 5.90. The minimum atomic E-state index is -0.0244. The third-order valence-corrected chi connectivity index (χ3v) is 5.90. The van der Waals surface area contributed by atoms with Crippen molar-refractivity contribution in [3.63, 3.8) is 0 Å². The van der Waals surface area contributed by atoms with E-state index in [4.69, 9.17) is 4.74 Å². The summed E-state index contributed by atoms with van der Waals surface area (Å²) in [6.45, 7) is 3.67. The molecule has 158 valence electrons. The van der Waals surface area contributed by atoms with Crippen molar-refractivity contribution in [3.05, 3.63) is 42.0 Å². The Kier molecular flexibility index (Phi) is 7.37. The number of hydrogen-bond acceptors (Lipinski definition) is 4. The molecule has 8 heteroatoms. The van der Waals surface area contributed by atoms with Crippen molar-refractivity contribution in [3.8, 4) is 5.75 Å². The molecule has 7 nitrogen and oxygen atoms in total. The standard InChI is InChI=1S/C21H30N6O.HI/c1-3-19-26-24-15-27(19)13-12-23-20(22-2)25-17-14-21(10-6-7-11-21)28-18-9-5-4-8-16(17)18;/h4-5,8-9,15,17H,3,6-7,10-14H2,1-2H3,(H2,22,23,25);1H. The lowest BCUT2D eigenvalue weighted by Gasteiger charge is -2.40. The quantitative estimate of drug-likeness (QED) is 0.366. The Bertz CT molecular complexity index is 830. The lowest BCUT2D eigenvalue weighted by atomic mass is 9.86. The van der Waals surface area contributed by atoms with Crippen LogP contribution < -0.4 is 15.4 Å². The van der Waals surface area contributed by atoms with Crippen LogP contribution in [0.15, 0.2) is 35.6 Å². The topological polar surface area (TPSA) is 76.4 Å². The van der Waals surface area contributed by atoms with Gasteiger partial charge < -0.3 is 19.9 Å². The van der Waals surface area contributed by atoms with E-state index in [2.05, 4.69) is 61.6 Å². The summed E-state index contributed by atoms with van der Waals surface area (Å²) in [5.74, 6) is 2.84. The molecule has 1 fully saturated rings. The van der Waals surface area contributed by atoms with Gasteiger partial charge in [0.15, 0.2) is 5.96 Å². The molecule has 2 aliphatic rings. The number of guanidine groups is 1. The molecule has 1 aliphatic carbocycles. The molecule has 1 spiro atoms. The molecule has 4 rings (SSSR count). The highest BCUT2D eigenvalue weighted by Crippen LogP contribution is 2.46. The van der Waals surface area contributed by atoms with E-state index in [0.29, 0.717) is 0 Å². The van der Waals surface area contributed by atoms with Gasteiger partial charge in [-0.1, -0.05) is 25.1 Å². The molecule has 0 saturated heterocycles. The number of benzene rings is 1. The second-order valence-electron chi connectivity index (χ2n) is 7.72. The van der Waals surface area contributed by atoms with Gasteiger partial charge in [0.1, 0.15) is 23.5 Å². The SMILES string of the molecule is CCc1nncn1CCNC(=NC)NC1CC2(CCCC2)Oc2ccccc21.I. The van der Waals surface area contributed by atoms with Crippen LogP contribution in [0.25, 0.3) is 0 Å². The van der Waals surface area contributed by atoms with Gasteiger partial charge in [0.05, 0.1) is 6.04 Å². The van der Waals surface area contributed by atoms with Gasteiger partial charge >= 0.3 is 0 Å². The summed E-state index contributed by atoms with van der Waals surface area (Å²) in [6.07, 6.45) is 8.43. The van der Waals surface area contributed by atoms with Crippen molar-refractivity contribution < 1.29 is 4.74 Å². The van der Waals surface area contributed by atoms with Crippen LogP contribution in [0.2, 0.25) is 0 Å². The van der Waals surface area contributed by atoms with Crippen molar-refractivity contribution in [2.75, 3.05) is 13.6 Å². The molecular formula is C21H31IN6O. The fraction of sp³-hybridized carbons (Fsp3) is 0.571. The van der Waals surface area contributed by atoms with Crippen LogP contribution in [0.1, 0.15) is 56.5 Å². The average Bonchev–Trinajstić information content (AvgIpc) is 3.36. The number of nitrogens with zero attached hydrogens (tertiary/aromatic N) is 4. The normalized spacial score (nSPS) is 19.9. The van der Waals surface area contributed by atoms with Crippen LogP contribution in [0.4, 0.5) is 0 Å². The number of aromatic nitrogens is 3. The maximum absolute atomic E-state index is 6.46. The fourth-order valence-corrected chi connectivity index (χ4v) is 4.47. The first-order chi connectivity index (χ1) is 13.7. The van der Waals surface area contributed by atoms with Crippen LogP contribution in [-0.4, -0.2) is 39.9 Å². The summed E-state index contributed by atoms with van der Waals surface area (Å²) in [5, 5.41) is 15.2. The smallest absolute Gasteiger partial charge is 0.191 e. The maximum atomic E-state index is 6.46. The summed E-state index contributed by atoms with van der Waals surface area (Å²) >= 11 is 0. The van der Waals surface area contributed by atoms with E-state index in [1.807, 2.05) is 7.05 Å². The first-order valence-electron chi connectivity index (χ1n) is 10.3. The van der Waals surface area contributed by atoms with E-state index in [-0.39, 0.29) is 35.6 Å². The van der Waals surface area contributed by atoms with Gasteiger partial charge in [-0.05, 0) is 31.7 Å². The van der Waals surface area contributed by atoms with Gasteiger partial charge in [-0.3, -0.25) is 4.99 Å². The molecule has 1 unspecified atom stereocenters. The lowest BCUT2D eigenvalue weighted by Crippen LogP contribution is -2.47. The molecule has 0 radical (unpaired) electrons. The second-order valence-corrected chi connectivity index (χ2v) is 7.72. The summed E-state index contributed by atoms with van der Waals surface area (Å²) in [7, 11) is 1.82. The Morgan fingerprint density at radius 2 is 2.10 bits per heavy atom. The van der Waals surface area contributed by atoms with Crippen LogP contribution in [-0.2, 0) is 13.0 Å². The van der Waals surface area contributed by atoms with E-state index in [1.54, 1.807) is 6.33 Å². The number of aryl methyl sites for hydroxylation is 1. The molecule has 1 atom stereocenters. The molecule has 2 heterocycles.